The van der Waals surface area contributed by atoms with Crippen molar-refractivity contribution in [2.45, 2.75) is 11.1 Å². The van der Waals surface area contributed by atoms with Crippen LogP contribution in [0.15, 0.2) is 41.3 Å². The van der Waals surface area contributed by atoms with E-state index in [1.807, 2.05) is 0 Å². The minimum absolute atomic E-state index is 0. The van der Waals surface area contributed by atoms with Gasteiger partial charge in [-0.1, -0.05) is 0 Å². The molecular formula is C15H11B2F3NO2S. The van der Waals surface area contributed by atoms with Gasteiger partial charge in [0, 0.05) is 18.9 Å². The molecule has 2 aromatic rings. The van der Waals surface area contributed by atoms with Crippen LogP contribution in [-0.2, 0) is 10.8 Å². The fourth-order valence-electron chi connectivity index (χ4n) is 2.40. The van der Waals surface area contributed by atoms with Crippen LogP contribution in [0, 0.1) is 0 Å². The van der Waals surface area contributed by atoms with E-state index in [1.54, 1.807) is 22.5 Å². The van der Waals surface area contributed by atoms with Crippen molar-refractivity contribution < 1.29 is 22.6 Å². The summed E-state index contributed by atoms with van der Waals surface area (Å²) in [6.45, 7) is 0.0414. The molecule has 24 heavy (non-hydrogen) atoms. The molecule has 0 unspecified atom stereocenters. The van der Waals surface area contributed by atoms with Gasteiger partial charge in [-0.05, 0) is 53.9 Å². The predicted octanol–water partition coefficient (Wildman–Crippen LogP) is 3.88. The number of anilines is 1. The molecule has 0 aliphatic carbocycles. The van der Waals surface area contributed by atoms with Crippen LogP contribution >= 0.6 is 11.9 Å². The first-order valence-corrected chi connectivity index (χ1v) is 7.38. The van der Waals surface area contributed by atoms with Gasteiger partial charge in [-0.2, -0.15) is 13.2 Å². The highest BCUT2D eigenvalue weighted by molar-refractivity contribution is 8.01. The molecule has 0 saturated heterocycles. The molecule has 9 heteroatoms. The molecular weight excluding hydrogens is 337 g/mol. The minimum Gasteiger partial charge on any atom is -0.497 e. The molecule has 1 aliphatic heterocycles. The van der Waals surface area contributed by atoms with Crippen LogP contribution < -0.4 is 9.04 Å². The Hall–Kier alpha value is -1.73. The van der Waals surface area contributed by atoms with Crippen molar-refractivity contribution in [3.05, 3.63) is 42.0 Å². The second-order valence-corrected chi connectivity index (χ2v) is 5.92. The second kappa shape index (κ2) is 7.03. The summed E-state index contributed by atoms with van der Waals surface area (Å²) in [7, 11) is 6.67. The van der Waals surface area contributed by atoms with Crippen molar-refractivity contribution in [2.24, 2.45) is 0 Å². The zero-order valence-electron chi connectivity index (χ0n) is 12.6. The molecule has 0 amide bonds. The third-order valence-corrected chi connectivity index (χ3v) is 4.53. The number of hydrogen-bond acceptors (Lipinski definition) is 4. The highest BCUT2D eigenvalue weighted by Crippen LogP contribution is 2.48. The fraction of sp³-hybridized carbons (Fsp3) is 0.200. The van der Waals surface area contributed by atoms with E-state index >= 15 is 0 Å². The fourth-order valence-corrected chi connectivity index (χ4v) is 3.46. The number of rotatable bonds is 3. The van der Waals surface area contributed by atoms with Gasteiger partial charge in [0.1, 0.15) is 12.5 Å². The van der Waals surface area contributed by atoms with E-state index in [2.05, 4.69) is 4.65 Å². The lowest BCUT2D eigenvalue weighted by Gasteiger charge is -2.31. The summed E-state index contributed by atoms with van der Waals surface area (Å²) >= 11 is 1.33. The van der Waals surface area contributed by atoms with Gasteiger partial charge >= 0.3 is 6.18 Å². The number of hydrogen-bond donors (Lipinski definition) is 0. The van der Waals surface area contributed by atoms with Crippen LogP contribution in [0.25, 0.3) is 11.1 Å². The maximum Gasteiger partial charge on any atom is 0.416 e. The molecule has 0 N–H and O–H groups in total. The van der Waals surface area contributed by atoms with Crippen LogP contribution in [0.3, 0.4) is 0 Å². The molecule has 3 rings (SSSR count). The predicted molar refractivity (Wildman–Crippen MR) is 89.2 cm³/mol. The lowest BCUT2D eigenvalue weighted by atomic mass is 10.00. The summed E-state index contributed by atoms with van der Waals surface area (Å²) in [6.07, 6.45) is -4.40. The number of fused-ring (bicyclic) bond motifs is 3. The van der Waals surface area contributed by atoms with Gasteiger partial charge in [-0.3, -0.25) is 4.31 Å². The van der Waals surface area contributed by atoms with Crippen molar-refractivity contribution in [3.63, 3.8) is 0 Å². The van der Waals surface area contributed by atoms with Crippen molar-refractivity contribution in [1.29, 1.82) is 0 Å². The quantitative estimate of drug-likeness (QED) is 0.620. The number of halogens is 3. The Balaban J connectivity index is 0.00000208. The van der Waals surface area contributed by atoms with Gasteiger partial charge in [0.15, 0.2) is 0 Å². The lowest BCUT2D eigenvalue weighted by Crippen LogP contribution is -2.21. The van der Waals surface area contributed by atoms with E-state index < -0.39 is 11.7 Å². The highest BCUT2D eigenvalue weighted by atomic mass is 32.2. The van der Waals surface area contributed by atoms with E-state index in [0.29, 0.717) is 22.6 Å². The summed E-state index contributed by atoms with van der Waals surface area (Å²) < 4.78 is 50.6. The van der Waals surface area contributed by atoms with Crippen LogP contribution in [0.4, 0.5) is 18.9 Å². The molecule has 121 valence electrons. The van der Waals surface area contributed by atoms with Crippen molar-refractivity contribution >= 4 is 34.1 Å². The average Bonchev–Trinajstić information content (AvgIpc) is 2.53. The molecule has 5 radical (unpaired) electrons. The Labute approximate surface area is 145 Å². The Morgan fingerprint density at radius 1 is 1.12 bits per heavy atom. The third kappa shape index (κ3) is 3.37. The van der Waals surface area contributed by atoms with Gasteiger partial charge in [0.05, 0.1) is 18.4 Å². The molecule has 0 atom stereocenters. The number of alkyl halides is 3. The largest absolute Gasteiger partial charge is 0.497 e. The van der Waals surface area contributed by atoms with Gasteiger partial charge in [-0.25, -0.2) is 0 Å². The van der Waals surface area contributed by atoms with Crippen LogP contribution in [0.5, 0.6) is 5.75 Å². The van der Waals surface area contributed by atoms with Gasteiger partial charge in [0.2, 0.25) is 0 Å². The normalized spacial score (nSPS) is 12.9. The van der Waals surface area contributed by atoms with Gasteiger partial charge < -0.3 is 9.39 Å². The molecule has 0 bridgehead atoms. The molecule has 2 aromatic carbocycles. The van der Waals surface area contributed by atoms with E-state index in [0.717, 1.165) is 17.0 Å². The summed E-state index contributed by atoms with van der Waals surface area (Å²) in [5.41, 5.74) is 1.11. The standard InChI is InChI=1S/C15H11BF3NO2S.B/c1-21-10-3-4-11-12-6-9(15(17,18)19)2-5-13(12)20(8-22-16)23-14(11)7-10;/h2-7H,8H2,1H3;. The number of benzene rings is 2. The topological polar surface area (TPSA) is 21.7 Å². The van der Waals surface area contributed by atoms with Crippen molar-refractivity contribution in [2.75, 3.05) is 18.1 Å². The zero-order valence-corrected chi connectivity index (χ0v) is 13.4. The number of nitrogens with zero attached hydrogens (tertiary/aromatic N) is 1. The Morgan fingerprint density at radius 2 is 1.88 bits per heavy atom. The number of methoxy groups -OCH3 is 1. The smallest absolute Gasteiger partial charge is 0.416 e. The molecule has 3 nitrogen and oxygen atoms in total. The maximum absolute atomic E-state index is 13.0. The van der Waals surface area contributed by atoms with Gasteiger partial charge in [0.25, 0.3) is 8.05 Å². The van der Waals surface area contributed by atoms with Gasteiger partial charge in [-0.15, -0.1) is 0 Å². The first kappa shape index (κ1) is 18.6. The maximum atomic E-state index is 13.0. The minimum atomic E-state index is -4.40. The summed E-state index contributed by atoms with van der Waals surface area (Å²) in [5, 5.41) is 0. The molecule has 1 aliphatic rings. The van der Waals surface area contributed by atoms with Crippen LogP contribution in [-0.4, -0.2) is 30.3 Å². The Bertz CT molecular complexity index is 743. The highest BCUT2D eigenvalue weighted by Gasteiger charge is 2.33. The first-order chi connectivity index (χ1) is 10.9. The average molecular weight is 348 g/mol. The first-order valence-electron chi connectivity index (χ1n) is 6.61. The molecule has 0 spiro atoms. The Kier molecular flexibility index (Phi) is 5.45. The zero-order chi connectivity index (χ0) is 16.6. The molecule has 0 aromatic heterocycles. The second-order valence-electron chi connectivity index (χ2n) is 4.86. The van der Waals surface area contributed by atoms with Crippen LogP contribution in [0.1, 0.15) is 5.56 Å². The monoisotopic (exact) mass is 348 g/mol. The summed E-state index contributed by atoms with van der Waals surface area (Å²) in [6, 6.07) is 8.87. The van der Waals surface area contributed by atoms with E-state index in [9.17, 15) is 13.2 Å². The van der Waals surface area contributed by atoms with E-state index in [-0.39, 0.29) is 15.1 Å². The molecule has 0 saturated carbocycles. The third-order valence-electron chi connectivity index (χ3n) is 3.47. The molecule has 1 heterocycles. The molecule has 0 fully saturated rings. The van der Waals surface area contributed by atoms with E-state index in [1.165, 1.54) is 25.1 Å². The summed E-state index contributed by atoms with van der Waals surface area (Å²) in [5.74, 6) is 0.625. The lowest BCUT2D eigenvalue weighted by molar-refractivity contribution is -0.137. The summed E-state index contributed by atoms with van der Waals surface area (Å²) in [4.78, 5) is 0.772. The SMILES string of the molecule is [B].[B]OCN1Sc2cc(OC)ccc2-c2cc(C(F)(F)F)ccc21. The van der Waals surface area contributed by atoms with Crippen LogP contribution in [0.2, 0.25) is 0 Å². The number of ether oxygens (including phenoxy) is 1. The Morgan fingerprint density at radius 3 is 2.50 bits per heavy atom. The van der Waals surface area contributed by atoms with Crippen molar-refractivity contribution in [3.8, 4) is 16.9 Å². The van der Waals surface area contributed by atoms with Crippen molar-refractivity contribution in [1.82, 2.24) is 0 Å². The van der Waals surface area contributed by atoms with E-state index in [4.69, 9.17) is 12.8 Å².